The Balaban J connectivity index is 1.70. The van der Waals surface area contributed by atoms with Crippen molar-refractivity contribution in [1.29, 1.82) is 0 Å². The first kappa shape index (κ1) is 23.2. The van der Waals surface area contributed by atoms with Crippen molar-refractivity contribution in [3.63, 3.8) is 0 Å². The minimum atomic E-state index is -0.933. The first-order chi connectivity index (χ1) is 14.7. The molecule has 2 N–H and O–H groups in total. The van der Waals surface area contributed by atoms with Crippen LogP contribution >= 0.6 is 46.4 Å². The van der Waals surface area contributed by atoms with E-state index in [1.807, 2.05) is 24.5 Å². The van der Waals surface area contributed by atoms with Crippen LogP contribution in [0.1, 0.15) is 17.0 Å². The Hall–Kier alpha value is -2.51. The number of nitrogens with one attached hydrogen (secondary N) is 2. The summed E-state index contributed by atoms with van der Waals surface area (Å²) in [6.45, 7) is 3.81. The molecule has 2 aromatic carbocycles. The van der Waals surface area contributed by atoms with E-state index in [0.29, 0.717) is 20.8 Å². The molecule has 0 spiro atoms. The van der Waals surface area contributed by atoms with E-state index in [1.54, 1.807) is 18.2 Å². The lowest BCUT2D eigenvalue weighted by atomic mass is 10.2. The molecule has 0 radical (unpaired) electrons. The van der Waals surface area contributed by atoms with Gasteiger partial charge in [0.25, 0.3) is 0 Å². The van der Waals surface area contributed by atoms with Gasteiger partial charge in [-0.25, -0.2) is 5.43 Å². The van der Waals surface area contributed by atoms with Gasteiger partial charge in [-0.1, -0.05) is 46.4 Å². The van der Waals surface area contributed by atoms with Crippen molar-refractivity contribution in [3.05, 3.63) is 79.5 Å². The number of benzene rings is 2. The topological polar surface area (TPSA) is 75.5 Å². The van der Waals surface area contributed by atoms with Crippen LogP contribution in [0.25, 0.3) is 5.69 Å². The third-order valence-electron chi connectivity index (χ3n) is 4.33. The summed E-state index contributed by atoms with van der Waals surface area (Å²) in [6, 6.07) is 11.6. The van der Waals surface area contributed by atoms with Crippen LogP contribution in [0, 0.1) is 13.8 Å². The average Bonchev–Trinajstić information content (AvgIpc) is 2.97. The molecule has 0 saturated heterocycles. The van der Waals surface area contributed by atoms with E-state index in [2.05, 4.69) is 15.8 Å². The Kier molecular flexibility index (Phi) is 7.28. The lowest BCUT2D eigenvalue weighted by Gasteiger charge is -2.10. The van der Waals surface area contributed by atoms with Gasteiger partial charge >= 0.3 is 11.8 Å². The maximum Gasteiger partial charge on any atom is 0.329 e. The van der Waals surface area contributed by atoms with E-state index in [9.17, 15) is 9.59 Å². The van der Waals surface area contributed by atoms with Crippen molar-refractivity contribution >= 4 is 70.1 Å². The zero-order valence-electron chi connectivity index (χ0n) is 16.3. The molecule has 3 rings (SSSR count). The number of carbonyl (C=O) groups is 2. The van der Waals surface area contributed by atoms with Gasteiger partial charge in [-0.05, 0) is 56.3 Å². The second-order valence-electron chi connectivity index (χ2n) is 6.57. The van der Waals surface area contributed by atoms with E-state index in [1.165, 1.54) is 24.4 Å². The fourth-order valence-corrected chi connectivity index (χ4v) is 3.77. The van der Waals surface area contributed by atoms with E-state index < -0.39 is 11.8 Å². The van der Waals surface area contributed by atoms with Crippen LogP contribution in [-0.4, -0.2) is 22.6 Å². The number of amides is 2. The molecule has 0 aliphatic heterocycles. The highest BCUT2D eigenvalue weighted by Gasteiger charge is 2.14. The summed E-state index contributed by atoms with van der Waals surface area (Å²) in [5, 5.41) is 7.94. The molecule has 0 fully saturated rings. The molecular formula is C21H16Cl4N4O2. The lowest BCUT2D eigenvalue weighted by Crippen LogP contribution is -2.32. The molecule has 0 aliphatic rings. The van der Waals surface area contributed by atoms with Crippen molar-refractivity contribution < 1.29 is 9.59 Å². The molecule has 0 bridgehead atoms. The number of hydrazone groups is 1. The Morgan fingerprint density at radius 2 is 1.58 bits per heavy atom. The Bertz CT molecular complexity index is 1180. The highest BCUT2D eigenvalue weighted by atomic mass is 35.5. The van der Waals surface area contributed by atoms with Crippen LogP contribution in [0.15, 0.2) is 47.6 Å². The van der Waals surface area contributed by atoms with Crippen molar-refractivity contribution in [1.82, 2.24) is 9.99 Å². The van der Waals surface area contributed by atoms with E-state index in [0.717, 1.165) is 22.6 Å². The number of aryl methyl sites for hydroxylation is 1. The Morgan fingerprint density at radius 3 is 2.23 bits per heavy atom. The van der Waals surface area contributed by atoms with Gasteiger partial charge in [0.1, 0.15) is 0 Å². The van der Waals surface area contributed by atoms with E-state index in [-0.39, 0.29) is 5.02 Å². The van der Waals surface area contributed by atoms with Crippen molar-refractivity contribution in [2.45, 2.75) is 13.8 Å². The molecule has 0 atom stereocenters. The number of aromatic nitrogens is 1. The highest BCUT2D eigenvalue weighted by molar-refractivity contribution is 6.43. The zero-order valence-corrected chi connectivity index (χ0v) is 19.4. The van der Waals surface area contributed by atoms with Gasteiger partial charge in [0.05, 0.1) is 16.3 Å². The zero-order chi connectivity index (χ0) is 22.7. The van der Waals surface area contributed by atoms with Gasteiger partial charge in [-0.2, -0.15) is 5.10 Å². The predicted molar refractivity (Wildman–Crippen MR) is 126 cm³/mol. The molecule has 31 heavy (non-hydrogen) atoms. The number of rotatable bonds is 4. The van der Waals surface area contributed by atoms with Crippen LogP contribution in [0.4, 0.5) is 5.69 Å². The highest BCUT2D eigenvalue weighted by Crippen LogP contribution is 2.26. The minimum Gasteiger partial charge on any atom is -0.318 e. The molecule has 160 valence electrons. The number of hydrogen-bond donors (Lipinski definition) is 2. The SMILES string of the molecule is Cc1cc(/C=N\NC(=O)C(=O)Nc2ccc(Cl)c(Cl)c2)c(C)n1-c1cc(Cl)cc(Cl)c1. The maximum atomic E-state index is 12.0. The van der Waals surface area contributed by atoms with Gasteiger partial charge in [-0.3, -0.25) is 9.59 Å². The normalized spacial score (nSPS) is 11.0. The van der Waals surface area contributed by atoms with Crippen LogP contribution in [0.2, 0.25) is 20.1 Å². The summed E-state index contributed by atoms with van der Waals surface area (Å²) < 4.78 is 1.96. The third kappa shape index (κ3) is 5.60. The minimum absolute atomic E-state index is 0.259. The van der Waals surface area contributed by atoms with Crippen LogP contribution < -0.4 is 10.7 Å². The molecule has 0 saturated carbocycles. The van der Waals surface area contributed by atoms with Gasteiger partial charge < -0.3 is 9.88 Å². The molecule has 0 unspecified atom stereocenters. The second kappa shape index (κ2) is 9.75. The predicted octanol–water partition coefficient (Wildman–Crippen LogP) is 5.80. The molecule has 1 heterocycles. The summed E-state index contributed by atoms with van der Waals surface area (Å²) in [4.78, 5) is 24.0. The fraction of sp³-hybridized carbons (Fsp3) is 0.0952. The van der Waals surface area contributed by atoms with Gasteiger partial charge in [0.15, 0.2) is 0 Å². The first-order valence-electron chi connectivity index (χ1n) is 8.90. The molecule has 3 aromatic rings. The van der Waals surface area contributed by atoms with E-state index >= 15 is 0 Å². The monoisotopic (exact) mass is 496 g/mol. The summed E-state index contributed by atoms with van der Waals surface area (Å²) >= 11 is 23.9. The smallest absolute Gasteiger partial charge is 0.318 e. The number of halogens is 4. The Morgan fingerprint density at radius 1 is 0.903 bits per heavy atom. The molecule has 0 aliphatic carbocycles. The van der Waals surface area contributed by atoms with Gasteiger partial charge in [-0.15, -0.1) is 0 Å². The Labute approximate surface area is 198 Å². The first-order valence-corrected chi connectivity index (χ1v) is 10.4. The number of carbonyl (C=O) groups excluding carboxylic acids is 2. The van der Waals surface area contributed by atoms with Crippen molar-refractivity contribution in [2.75, 3.05) is 5.32 Å². The molecule has 6 nitrogen and oxygen atoms in total. The molecule has 10 heteroatoms. The lowest BCUT2D eigenvalue weighted by molar-refractivity contribution is -0.136. The van der Waals surface area contributed by atoms with Crippen LogP contribution in [0.5, 0.6) is 0 Å². The van der Waals surface area contributed by atoms with Crippen molar-refractivity contribution in [2.24, 2.45) is 5.10 Å². The summed E-state index contributed by atoms with van der Waals surface area (Å²) in [5.41, 5.74) is 5.86. The molecule has 2 amide bonds. The number of anilines is 1. The fourth-order valence-electron chi connectivity index (χ4n) is 2.96. The standard InChI is InChI=1S/C21H16Cl4N4O2/c1-11-5-13(12(2)29(11)17-7-14(22)6-15(23)8-17)10-26-28-21(31)20(30)27-16-3-4-18(24)19(25)9-16/h3-10H,1-2H3,(H,27,30)(H,28,31)/b26-10-. The summed E-state index contributed by atoms with van der Waals surface area (Å²) in [7, 11) is 0. The van der Waals surface area contributed by atoms with Gasteiger partial charge in [0, 0.05) is 38.4 Å². The summed E-state index contributed by atoms with van der Waals surface area (Å²) in [6.07, 6.45) is 1.45. The van der Waals surface area contributed by atoms with Gasteiger partial charge in [0.2, 0.25) is 0 Å². The third-order valence-corrected chi connectivity index (χ3v) is 5.50. The quantitative estimate of drug-likeness (QED) is 0.271. The number of hydrogen-bond acceptors (Lipinski definition) is 3. The largest absolute Gasteiger partial charge is 0.329 e. The van der Waals surface area contributed by atoms with Crippen molar-refractivity contribution in [3.8, 4) is 5.69 Å². The average molecular weight is 498 g/mol. The van der Waals surface area contributed by atoms with E-state index in [4.69, 9.17) is 46.4 Å². The van der Waals surface area contributed by atoms with Crippen LogP contribution in [-0.2, 0) is 9.59 Å². The second-order valence-corrected chi connectivity index (χ2v) is 8.26. The summed E-state index contributed by atoms with van der Waals surface area (Å²) in [5.74, 6) is -1.83. The molecular weight excluding hydrogens is 482 g/mol. The number of nitrogens with zero attached hydrogens (tertiary/aromatic N) is 2. The van der Waals surface area contributed by atoms with Crippen LogP contribution in [0.3, 0.4) is 0 Å². The maximum absolute atomic E-state index is 12.0. The molecule has 1 aromatic heterocycles.